The molecule has 2 aliphatic rings. The molecular weight excluding hydrogens is 744 g/mol. The van der Waals surface area contributed by atoms with Gasteiger partial charge in [-0.05, 0) is 98.4 Å². The largest absolute Gasteiger partial charge is 0.493 e. The number of halogens is 1. The molecule has 6 rings (SSSR count). The molecule has 11 nitrogen and oxygen atoms in total. The number of rotatable bonds is 19. The summed E-state index contributed by atoms with van der Waals surface area (Å²) in [6, 6.07) is 18.6. The molecule has 1 aliphatic carbocycles. The zero-order valence-corrected chi connectivity index (χ0v) is 33.8. The second-order valence-electron chi connectivity index (χ2n) is 14.9. The van der Waals surface area contributed by atoms with E-state index in [0.717, 1.165) is 92.8 Å². The molecule has 3 aromatic carbocycles. The number of benzene rings is 3. The number of nitriles is 1. The first kappa shape index (κ1) is 41.9. The van der Waals surface area contributed by atoms with Crippen molar-refractivity contribution in [2.24, 2.45) is 0 Å². The second kappa shape index (κ2) is 20.1. The Bertz CT molecular complexity index is 2030. The smallest absolute Gasteiger partial charge is 0.323 e. The average Bonchev–Trinajstić information content (AvgIpc) is 3.62. The molecule has 0 saturated carbocycles. The first-order valence-corrected chi connectivity index (χ1v) is 20.3. The molecule has 4 aromatic rings. The molecule has 2 heterocycles. The number of fused-ring (bicyclic) bond motifs is 1. The van der Waals surface area contributed by atoms with Gasteiger partial charge in [0.25, 0.3) is 0 Å². The van der Waals surface area contributed by atoms with E-state index in [1.165, 1.54) is 18.7 Å². The number of aromatic nitrogens is 1. The Morgan fingerprint density at radius 3 is 2.58 bits per heavy atom. The van der Waals surface area contributed by atoms with Crippen LogP contribution in [-0.4, -0.2) is 77.2 Å². The van der Waals surface area contributed by atoms with Crippen LogP contribution >= 0.6 is 11.6 Å². The predicted molar refractivity (Wildman–Crippen MR) is 219 cm³/mol. The van der Waals surface area contributed by atoms with E-state index in [1.807, 2.05) is 6.07 Å². The number of aliphatic carboxylic acids is 1. The van der Waals surface area contributed by atoms with Crippen molar-refractivity contribution in [3.63, 3.8) is 0 Å². The predicted octanol–water partition coefficient (Wildman–Crippen LogP) is 7.81. The fourth-order valence-electron chi connectivity index (χ4n) is 7.67. The quantitative estimate of drug-likeness (QED) is 0.0799. The molecule has 0 radical (unpaired) electrons. The third kappa shape index (κ3) is 10.8. The van der Waals surface area contributed by atoms with Gasteiger partial charge >= 0.3 is 5.97 Å². The van der Waals surface area contributed by atoms with Crippen molar-refractivity contribution in [1.29, 1.82) is 5.26 Å². The van der Waals surface area contributed by atoms with E-state index in [1.54, 1.807) is 24.4 Å². The number of piperidine rings is 1. The van der Waals surface area contributed by atoms with Gasteiger partial charge in [0.15, 0.2) is 0 Å². The van der Waals surface area contributed by atoms with Gasteiger partial charge in [-0.2, -0.15) is 5.26 Å². The first-order valence-electron chi connectivity index (χ1n) is 19.9. The average molecular weight is 797 g/mol. The maximum atomic E-state index is 11.8. The summed E-state index contributed by atoms with van der Waals surface area (Å²) in [6.45, 7) is 10.5. The molecule has 0 amide bonds. The molecule has 302 valence electrons. The van der Waals surface area contributed by atoms with Crippen molar-refractivity contribution in [2.45, 2.75) is 96.8 Å². The van der Waals surface area contributed by atoms with E-state index in [9.17, 15) is 20.3 Å². The SMILES string of the molecule is CCCOC1CCN(CCCOc2cccc(-c3cccc4c3CC[C@@H]4Oc3cc(OCc4cncc(C#N)c4)c(CN[C@H](C(=O)O)[C@@H](C)O)cc3Cl)c2C)CC1. The third-order valence-electron chi connectivity index (χ3n) is 10.7. The summed E-state index contributed by atoms with van der Waals surface area (Å²) in [4.78, 5) is 18.4. The Morgan fingerprint density at radius 2 is 1.82 bits per heavy atom. The maximum absolute atomic E-state index is 11.8. The number of carboxylic acids is 1. The van der Waals surface area contributed by atoms with Crippen LogP contribution < -0.4 is 19.5 Å². The normalized spacial score (nSPS) is 16.7. The minimum Gasteiger partial charge on any atom is -0.493 e. The third-order valence-corrected chi connectivity index (χ3v) is 11.0. The monoisotopic (exact) mass is 796 g/mol. The van der Waals surface area contributed by atoms with E-state index in [2.05, 4.69) is 65.4 Å². The molecule has 0 bridgehead atoms. The van der Waals surface area contributed by atoms with Gasteiger partial charge in [0.1, 0.15) is 42.1 Å². The van der Waals surface area contributed by atoms with Crippen LogP contribution in [0, 0.1) is 18.3 Å². The van der Waals surface area contributed by atoms with Crippen molar-refractivity contribution in [3.05, 3.63) is 105 Å². The van der Waals surface area contributed by atoms with E-state index in [-0.39, 0.29) is 19.3 Å². The number of hydrogen-bond acceptors (Lipinski definition) is 10. The highest BCUT2D eigenvalue weighted by molar-refractivity contribution is 6.32. The molecule has 1 fully saturated rings. The number of carboxylic acid groups (broad SMARTS) is 1. The van der Waals surface area contributed by atoms with Crippen molar-refractivity contribution in [1.82, 2.24) is 15.2 Å². The summed E-state index contributed by atoms with van der Waals surface area (Å²) in [6.07, 6.45) is 7.90. The minimum atomic E-state index is -1.20. The van der Waals surface area contributed by atoms with Crippen LogP contribution in [0.5, 0.6) is 17.2 Å². The highest BCUT2D eigenvalue weighted by Gasteiger charge is 2.29. The summed E-state index contributed by atoms with van der Waals surface area (Å²) in [5.41, 5.74) is 7.38. The zero-order chi connectivity index (χ0) is 40.3. The number of likely N-dealkylation sites (tertiary alicyclic amines) is 1. The van der Waals surface area contributed by atoms with Gasteiger partial charge in [0.05, 0.1) is 29.4 Å². The van der Waals surface area contributed by atoms with Gasteiger partial charge in [0.2, 0.25) is 0 Å². The number of aliphatic hydroxyl groups excluding tert-OH is 1. The molecule has 12 heteroatoms. The van der Waals surface area contributed by atoms with Crippen LogP contribution in [0.4, 0.5) is 0 Å². The van der Waals surface area contributed by atoms with Crippen LogP contribution in [0.1, 0.15) is 85.4 Å². The number of carbonyl (C=O) groups is 1. The van der Waals surface area contributed by atoms with Crippen molar-refractivity contribution in [2.75, 3.05) is 32.8 Å². The second-order valence-corrected chi connectivity index (χ2v) is 15.3. The van der Waals surface area contributed by atoms with Gasteiger partial charge in [0, 0.05) is 62.4 Å². The van der Waals surface area contributed by atoms with E-state index < -0.39 is 18.1 Å². The van der Waals surface area contributed by atoms with E-state index >= 15 is 0 Å². The van der Waals surface area contributed by atoms with Crippen molar-refractivity contribution in [3.8, 4) is 34.4 Å². The lowest BCUT2D eigenvalue weighted by atomic mass is 9.93. The first-order chi connectivity index (χ1) is 27.6. The summed E-state index contributed by atoms with van der Waals surface area (Å²) >= 11 is 6.85. The molecular formula is C45H53ClN4O7. The molecule has 3 atom stereocenters. The number of nitrogens with one attached hydrogen (secondary N) is 1. The van der Waals surface area contributed by atoms with Crippen molar-refractivity contribution < 1.29 is 34.0 Å². The van der Waals surface area contributed by atoms with Gasteiger partial charge in [-0.15, -0.1) is 0 Å². The molecule has 1 saturated heterocycles. The van der Waals surface area contributed by atoms with Crippen LogP contribution in [0.3, 0.4) is 0 Å². The Labute approximate surface area is 340 Å². The standard InChI is InChI=1S/C45H53ClN4O7/c1-4-19-54-34-14-17-50(18-15-34)16-7-20-55-40-11-6-8-35(29(40)2)36-9-5-10-38-37(36)12-13-41(38)57-43-23-42(56-28-32-21-31(24-47)25-48-26-32)33(22-39(43)46)27-49-44(30(3)51)45(52)53/h5-6,8-11,21-23,25-26,30,34,41,44,49,51H,4,7,12-20,27-28H2,1-3H3,(H,52,53)/t30-,41+,44+/m1/s1. The van der Waals surface area contributed by atoms with Crippen LogP contribution in [0.25, 0.3) is 11.1 Å². The Kier molecular flexibility index (Phi) is 14.8. The molecule has 0 unspecified atom stereocenters. The van der Waals surface area contributed by atoms with Crippen LogP contribution in [0.2, 0.25) is 5.02 Å². The minimum absolute atomic E-state index is 0.0549. The number of aliphatic hydroxyl groups is 1. The van der Waals surface area contributed by atoms with Gasteiger partial charge in [-0.25, -0.2) is 0 Å². The van der Waals surface area contributed by atoms with E-state index in [4.69, 9.17) is 30.5 Å². The van der Waals surface area contributed by atoms with E-state index in [0.29, 0.717) is 45.9 Å². The lowest BCUT2D eigenvalue weighted by Crippen LogP contribution is -2.44. The van der Waals surface area contributed by atoms with Gasteiger partial charge in [-0.3, -0.25) is 15.1 Å². The molecule has 1 aliphatic heterocycles. The van der Waals surface area contributed by atoms with Crippen LogP contribution in [-0.2, 0) is 29.1 Å². The molecule has 1 aromatic heterocycles. The summed E-state index contributed by atoms with van der Waals surface area (Å²) in [5.74, 6) is 0.561. The summed E-state index contributed by atoms with van der Waals surface area (Å²) < 4.78 is 25.2. The number of pyridine rings is 1. The van der Waals surface area contributed by atoms with Gasteiger partial charge in [-0.1, -0.05) is 48.9 Å². The lowest BCUT2D eigenvalue weighted by molar-refractivity contribution is -0.142. The number of hydrogen-bond donors (Lipinski definition) is 3. The fourth-order valence-corrected chi connectivity index (χ4v) is 7.90. The van der Waals surface area contributed by atoms with Gasteiger partial charge < -0.3 is 34.1 Å². The Balaban J connectivity index is 1.15. The topological polar surface area (TPSA) is 146 Å². The molecule has 0 spiro atoms. The Morgan fingerprint density at radius 1 is 1.04 bits per heavy atom. The summed E-state index contributed by atoms with van der Waals surface area (Å²) in [7, 11) is 0. The zero-order valence-electron chi connectivity index (χ0n) is 33.0. The molecule has 57 heavy (non-hydrogen) atoms. The lowest BCUT2D eigenvalue weighted by Gasteiger charge is -2.31. The Hall–Kier alpha value is -4.70. The number of ether oxygens (including phenoxy) is 4. The van der Waals surface area contributed by atoms with Crippen LogP contribution in [0.15, 0.2) is 67.0 Å². The highest BCUT2D eigenvalue weighted by atomic mass is 35.5. The highest BCUT2D eigenvalue weighted by Crippen LogP contribution is 2.44. The van der Waals surface area contributed by atoms with Crippen molar-refractivity contribution >= 4 is 17.6 Å². The maximum Gasteiger partial charge on any atom is 0.323 e. The fraction of sp³-hybridized carbons (Fsp3) is 0.444. The molecule has 3 N–H and O–H groups in total. The number of nitrogens with zero attached hydrogens (tertiary/aromatic N) is 3. The summed E-state index contributed by atoms with van der Waals surface area (Å²) in [5, 5.41) is 32.2.